The molecule has 5 aromatic carbocycles. The molecule has 0 unspecified atom stereocenters. The van der Waals surface area contributed by atoms with Crippen molar-refractivity contribution in [3.05, 3.63) is 120 Å². The van der Waals surface area contributed by atoms with E-state index in [4.69, 9.17) is 10.5 Å². The Balaban J connectivity index is 1.97. The molecule has 0 aliphatic heterocycles. The maximum absolute atomic E-state index is 13.5. The topological polar surface area (TPSA) is 72.5 Å². The molecule has 0 bridgehead atoms. The smallest absolute Gasteiger partial charge is 0.416 e. The predicted molar refractivity (Wildman–Crippen MR) is 170 cm³/mol. The van der Waals surface area contributed by atoms with Crippen molar-refractivity contribution in [3.8, 4) is 50.3 Å². The number of carboxylic acids is 1. The summed E-state index contributed by atoms with van der Waals surface area (Å²) in [6.07, 6.45) is -4.55. The fourth-order valence-corrected chi connectivity index (χ4v) is 5.48. The second kappa shape index (κ2) is 11.6. The number of rotatable bonds is 6. The summed E-state index contributed by atoms with van der Waals surface area (Å²) in [5.41, 5.74) is 11.2. The van der Waals surface area contributed by atoms with Gasteiger partial charge in [0.05, 0.1) is 23.9 Å². The van der Waals surface area contributed by atoms with Crippen LogP contribution in [0.3, 0.4) is 0 Å². The highest BCUT2D eigenvalue weighted by atomic mass is 19.4. The van der Waals surface area contributed by atoms with E-state index in [9.17, 15) is 23.1 Å². The van der Waals surface area contributed by atoms with Gasteiger partial charge in [-0.3, -0.25) is 0 Å². The third-order valence-corrected chi connectivity index (χ3v) is 7.73. The first-order valence-electron chi connectivity index (χ1n) is 14.0. The molecule has 3 N–H and O–H groups in total. The molecule has 0 atom stereocenters. The lowest BCUT2D eigenvalue weighted by atomic mass is 9.78. The number of nitrogen functional groups attached to an aromatic ring is 1. The first-order chi connectivity index (χ1) is 20.8. The van der Waals surface area contributed by atoms with Gasteiger partial charge in [-0.15, -0.1) is 0 Å². The Hall–Kier alpha value is -5.04. The minimum absolute atomic E-state index is 0.0152. The first kappa shape index (κ1) is 30.4. The molecule has 0 fully saturated rings. The van der Waals surface area contributed by atoms with Gasteiger partial charge in [0.15, 0.2) is 0 Å². The normalized spacial score (nSPS) is 11.8. The van der Waals surface area contributed by atoms with Gasteiger partial charge in [-0.05, 0) is 63.1 Å². The second-order valence-electron chi connectivity index (χ2n) is 11.6. The maximum atomic E-state index is 13.5. The van der Waals surface area contributed by atoms with Crippen molar-refractivity contribution < 1.29 is 27.8 Å². The van der Waals surface area contributed by atoms with Crippen LogP contribution in [-0.4, -0.2) is 18.2 Å². The van der Waals surface area contributed by atoms with E-state index >= 15 is 0 Å². The van der Waals surface area contributed by atoms with Crippen molar-refractivity contribution in [2.45, 2.75) is 32.4 Å². The average Bonchev–Trinajstić information content (AvgIpc) is 3.00. The van der Waals surface area contributed by atoms with Crippen molar-refractivity contribution >= 4 is 11.7 Å². The van der Waals surface area contributed by atoms with Crippen molar-refractivity contribution in [1.29, 1.82) is 0 Å². The number of ether oxygens (including phenoxy) is 1. The van der Waals surface area contributed by atoms with E-state index in [0.29, 0.717) is 39.1 Å². The fourth-order valence-electron chi connectivity index (χ4n) is 5.48. The zero-order valence-corrected chi connectivity index (χ0v) is 24.8. The van der Waals surface area contributed by atoms with Gasteiger partial charge in [-0.2, -0.15) is 13.2 Å². The molecule has 44 heavy (non-hydrogen) atoms. The number of aromatic carboxylic acids is 1. The molecule has 224 valence electrons. The lowest BCUT2D eigenvalue weighted by Crippen LogP contribution is -2.12. The monoisotopic (exact) mass is 595 g/mol. The van der Waals surface area contributed by atoms with Gasteiger partial charge in [-0.1, -0.05) is 99.6 Å². The second-order valence-corrected chi connectivity index (χ2v) is 11.6. The SMILES string of the molecule is COc1ccc(-c2c(-c3ccc(C(C)(C)C)cc3)c(N)c(C(=O)O)c(-c3ccc(C(F)(F)F)cc3)c2-c2ccccc2)cc1. The van der Waals surface area contributed by atoms with Crippen LogP contribution in [0.1, 0.15) is 42.3 Å². The molecule has 0 saturated heterocycles. The van der Waals surface area contributed by atoms with E-state index < -0.39 is 17.7 Å². The van der Waals surface area contributed by atoms with Crippen molar-refractivity contribution in [1.82, 2.24) is 0 Å². The molecule has 0 spiro atoms. The minimum atomic E-state index is -4.55. The predicted octanol–water partition coefficient (Wildman–Crippen LogP) is 9.96. The summed E-state index contributed by atoms with van der Waals surface area (Å²) in [6.45, 7) is 6.32. The van der Waals surface area contributed by atoms with Crippen LogP contribution in [0.2, 0.25) is 0 Å². The third-order valence-electron chi connectivity index (χ3n) is 7.73. The Bertz CT molecular complexity index is 1800. The first-order valence-corrected chi connectivity index (χ1v) is 14.0. The average molecular weight is 596 g/mol. The zero-order valence-electron chi connectivity index (χ0n) is 24.8. The Labute approximate surface area is 254 Å². The van der Waals surface area contributed by atoms with Crippen LogP contribution in [0.4, 0.5) is 18.9 Å². The van der Waals surface area contributed by atoms with Crippen molar-refractivity contribution in [2.75, 3.05) is 12.8 Å². The van der Waals surface area contributed by atoms with Gasteiger partial charge >= 0.3 is 12.1 Å². The van der Waals surface area contributed by atoms with E-state index in [2.05, 4.69) is 20.8 Å². The van der Waals surface area contributed by atoms with Gasteiger partial charge in [0.25, 0.3) is 0 Å². The maximum Gasteiger partial charge on any atom is 0.416 e. The number of anilines is 1. The highest BCUT2D eigenvalue weighted by Crippen LogP contribution is 2.51. The number of carboxylic acid groups (broad SMARTS) is 1. The van der Waals surface area contributed by atoms with Crippen LogP contribution in [0.25, 0.3) is 44.5 Å². The summed E-state index contributed by atoms with van der Waals surface area (Å²) in [7, 11) is 1.56. The molecule has 0 aromatic heterocycles. The summed E-state index contributed by atoms with van der Waals surface area (Å²) in [5, 5.41) is 10.6. The molecule has 0 aliphatic rings. The number of carbonyl (C=O) groups is 1. The summed E-state index contributed by atoms with van der Waals surface area (Å²) < 4.78 is 45.9. The molecule has 0 saturated carbocycles. The summed E-state index contributed by atoms with van der Waals surface area (Å²) >= 11 is 0. The number of hydrogen-bond donors (Lipinski definition) is 2. The number of halogens is 3. The Morgan fingerprint density at radius 1 is 0.636 bits per heavy atom. The number of nitrogens with two attached hydrogens (primary N) is 1. The van der Waals surface area contributed by atoms with Crippen LogP contribution in [0, 0.1) is 0 Å². The summed E-state index contributed by atoms with van der Waals surface area (Å²) in [6, 6.07) is 28.9. The van der Waals surface area contributed by atoms with Crippen LogP contribution < -0.4 is 10.5 Å². The fraction of sp³-hybridized carbons (Fsp3) is 0.162. The molecule has 4 nitrogen and oxygen atoms in total. The molecule has 5 aromatic rings. The molecular weight excluding hydrogens is 563 g/mol. The largest absolute Gasteiger partial charge is 0.497 e. The standard InChI is InChI=1S/C37H32F3NO3/c1-36(2,3)26-16-10-25(11-17-26)32-30(24-14-20-28(44-4)21-15-24)29(22-8-6-5-7-9-22)31(33(34(32)41)35(42)43)23-12-18-27(19-13-23)37(38,39)40/h5-21H,41H2,1-4H3,(H,42,43). The van der Waals surface area contributed by atoms with E-state index in [-0.39, 0.29) is 22.2 Å². The molecule has 0 aliphatic carbocycles. The van der Waals surface area contributed by atoms with Gasteiger partial charge in [0.1, 0.15) is 5.75 Å². The number of benzene rings is 5. The van der Waals surface area contributed by atoms with E-state index in [1.165, 1.54) is 12.1 Å². The Morgan fingerprint density at radius 3 is 1.55 bits per heavy atom. The highest BCUT2D eigenvalue weighted by molar-refractivity contribution is 6.15. The lowest BCUT2D eigenvalue weighted by molar-refractivity contribution is -0.137. The number of hydrogen-bond acceptors (Lipinski definition) is 3. The Morgan fingerprint density at radius 2 is 1.07 bits per heavy atom. The van der Waals surface area contributed by atoms with Crippen LogP contribution in [-0.2, 0) is 11.6 Å². The van der Waals surface area contributed by atoms with Gasteiger partial charge in [-0.25, -0.2) is 4.79 Å². The number of alkyl halides is 3. The molecule has 5 rings (SSSR count). The van der Waals surface area contributed by atoms with Crippen LogP contribution >= 0.6 is 0 Å². The van der Waals surface area contributed by atoms with E-state index in [0.717, 1.165) is 23.3 Å². The quantitative estimate of drug-likeness (QED) is 0.192. The summed E-state index contributed by atoms with van der Waals surface area (Å²) in [4.78, 5) is 13.0. The van der Waals surface area contributed by atoms with E-state index in [1.807, 2.05) is 66.7 Å². The molecular formula is C37H32F3NO3. The van der Waals surface area contributed by atoms with Crippen molar-refractivity contribution in [2.24, 2.45) is 0 Å². The number of methoxy groups -OCH3 is 1. The molecule has 0 radical (unpaired) electrons. The third kappa shape index (κ3) is 5.78. The van der Waals surface area contributed by atoms with Crippen LogP contribution in [0.5, 0.6) is 5.75 Å². The molecule has 0 amide bonds. The van der Waals surface area contributed by atoms with Gasteiger partial charge in [0.2, 0.25) is 0 Å². The molecule has 7 heteroatoms. The minimum Gasteiger partial charge on any atom is -0.497 e. The molecule has 0 heterocycles. The van der Waals surface area contributed by atoms with E-state index in [1.54, 1.807) is 19.2 Å². The summed E-state index contributed by atoms with van der Waals surface area (Å²) in [5.74, 6) is -0.660. The lowest BCUT2D eigenvalue weighted by Gasteiger charge is -2.26. The Kier molecular flexibility index (Phi) is 8.00. The van der Waals surface area contributed by atoms with Gasteiger partial charge in [0, 0.05) is 16.7 Å². The van der Waals surface area contributed by atoms with Crippen LogP contribution in [0.15, 0.2) is 103 Å². The highest BCUT2D eigenvalue weighted by Gasteiger charge is 2.32. The zero-order chi connectivity index (χ0) is 31.8. The van der Waals surface area contributed by atoms with Crippen molar-refractivity contribution in [3.63, 3.8) is 0 Å². The van der Waals surface area contributed by atoms with Gasteiger partial charge < -0.3 is 15.6 Å².